The topological polar surface area (TPSA) is 44.1 Å². The molecule has 2 unspecified atom stereocenters. The Morgan fingerprint density at radius 3 is 2.69 bits per heavy atom. The van der Waals surface area contributed by atoms with Gasteiger partial charge < -0.3 is 4.90 Å². The summed E-state index contributed by atoms with van der Waals surface area (Å²) in [5.74, 6) is 1.08. The van der Waals surface area contributed by atoms with Crippen molar-refractivity contribution in [1.29, 1.82) is 5.26 Å². The van der Waals surface area contributed by atoms with Gasteiger partial charge in [0, 0.05) is 23.6 Å². The molecule has 2 fully saturated rings. The molecule has 88 valence electrons. The predicted molar refractivity (Wildman–Crippen MR) is 65.0 cm³/mol. The van der Waals surface area contributed by atoms with Crippen LogP contribution in [0.4, 0.5) is 0 Å². The maximum atomic E-state index is 12.4. The number of carbonyl (C=O) groups is 1. The standard InChI is InChI=1S/C12H18N2OS/c1-9-10(2)16-7-6-14(9)11(15)12(8-13)4-3-5-12/h9-10H,3-7H2,1-2H3. The van der Waals surface area contributed by atoms with Crippen LogP contribution >= 0.6 is 11.8 Å². The van der Waals surface area contributed by atoms with E-state index in [9.17, 15) is 10.1 Å². The zero-order chi connectivity index (χ0) is 11.8. The first-order valence-corrected chi connectivity index (χ1v) is 6.99. The molecule has 3 nitrogen and oxygen atoms in total. The van der Waals surface area contributed by atoms with E-state index in [2.05, 4.69) is 19.9 Å². The SMILES string of the molecule is CC1SCCN(C(=O)C2(C#N)CCC2)C1C. The second-order valence-electron chi connectivity index (χ2n) is 4.86. The first-order chi connectivity index (χ1) is 7.60. The Morgan fingerprint density at radius 2 is 2.19 bits per heavy atom. The number of carbonyl (C=O) groups excluding carboxylic acids is 1. The van der Waals surface area contributed by atoms with Gasteiger partial charge in [0.2, 0.25) is 5.91 Å². The van der Waals surface area contributed by atoms with E-state index in [-0.39, 0.29) is 11.9 Å². The van der Waals surface area contributed by atoms with Crippen molar-refractivity contribution >= 4 is 17.7 Å². The van der Waals surface area contributed by atoms with Gasteiger partial charge in [0.05, 0.1) is 6.07 Å². The smallest absolute Gasteiger partial charge is 0.243 e. The first-order valence-electron chi connectivity index (χ1n) is 5.95. The molecule has 0 aromatic carbocycles. The fourth-order valence-corrected chi connectivity index (χ4v) is 3.50. The third-order valence-electron chi connectivity index (χ3n) is 3.98. The molecular weight excluding hydrogens is 220 g/mol. The number of hydrogen-bond donors (Lipinski definition) is 0. The number of nitrogens with zero attached hydrogens (tertiary/aromatic N) is 2. The maximum Gasteiger partial charge on any atom is 0.243 e. The molecule has 0 aromatic rings. The van der Waals surface area contributed by atoms with Crippen LogP contribution in [0.15, 0.2) is 0 Å². The first kappa shape index (κ1) is 11.8. The maximum absolute atomic E-state index is 12.4. The van der Waals surface area contributed by atoms with Crippen LogP contribution in [0.2, 0.25) is 0 Å². The molecule has 1 aliphatic carbocycles. The minimum atomic E-state index is -0.671. The van der Waals surface area contributed by atoms with Gasteiger partial charge in [0.15, 0.2) is 0 Å². The lowest BCUT2D eigenvalue weighted by Gasteiger charge is -2.44. The summed E-state index contributed by atoms with van der Waals surface area (Å²) in [5, 5.41) is 9.67. The molecule has 1 saturated heterocycles. The van der Waals surface area contributed by atoms with E-state index in [0.29, 0.717) is 5.25 Å². The Hall–Kier alpha value is -0.690. The van der Waals surface area contributed by atoms with Crippen molar-refractivity contribution < 1.29 is 4.79 Å². The fraction of sp³-hybridized carbons (Fsp3) is 0.833. The van der Waals surface area contributed by atoms with E-state index in [1.165, 1.54) is 0 Å². The van der Waals surface area contributed by atoms with Crippen molar-refractivity contribution in [2.45, 2.75) is 44.4 Å². The number of hydrogen-bond acceptors (Lipinski definition) is 3. The quantitative estimate of drug-likeness (QED) is 0.702. The summed E-state index contributed by atoms with van der Waals surface area (Å²) in [7, 11) is 0. The number of rotatable bonds is 1. The van der Waals surface area contributed by atoms with Crippen LogP contribution in [-0.4, -0.2) is 34.4 Å². The fourth-order valence-electron chi connectivity index (χ4n) is 2.40. The molecule has 2 atom stereocenters. The van der Waals surface area contributed by atoms with E-state index < -0.39 is 5.41 Å². The molecule has 1 aliphatic heterocycles. The third-order valence-corrected chi connectivity index (χ3v) is 5.31. The van der Waals surface area contributed by atoms with Crippen LogP contribution in [0.25, 0.3) is 0 Å². The normalized spacial score (nSPS) is 32.7. The van der Waals surface area contributed by atoms with E-state index >= 15 is 0 Å². The lowest BCUT2D eigenvalue weighted by Crippen LogP contribution is -2.55. The average Bonchev–Trinajstić information content (AvgIpc) is 2.21. The van der Waals surface area contributed by atoms with Gasteiger partial charge in [-0.3, -0.25) is 4.79 Å². The summed E-state index contributed by atoms with van der Waals surface area (Å²) in [6, 6.07) is 2.51. The van der Waals surface area contributed by atoms with Gasteiger partial charge in [-0.15, -0.1) is 0 Å². The molecule has 0 N–H and O–H groups in total. The van der Waals surface area contributed by atoms with Gasteiger partial charge in [0.1, 0.15) is 5.41 Å². The van der Waals surface area contributed by atoms with Gasteiger partial charge in [-0.2, -0.15) is 17.0 Å². The Kier molecular flexibility index (Phi) is 3.16. The largest absolute Gasteiger partial charge is 0.337 e. The molecule has 0 bridgehead atoms. The highest BCUT2D eigenvalue weighted by molar-refractivity contribution is 8.00. The van der Waals surface area contributed by atoms with E-state index in [4.69, 9.17) is 0 Å². The van der Waals surface area contributed by atoms with Crippen LogP contribution < -0.4 is 0 Å². The molecule has 1 saturated carbocycles. The second-order valence-corrected chi connectivity index (χ2v) is 6.35. The van der Waals surface area contributed by atoms with Gasteiger partial charge >= 0.3 is 0 Å². The molecule has 1 amide bonds. The second kappa shape index (κ2) is 4.29. The van der Waals surface area contributed by atoms with Crippen LogP contribution in [0.1, 0.15) is 33.1 Å². The molecule has 0 spiro atoms. The molecule has 2 aliphatic rings. The monoisotopic (exact) mass is 238 g/mol. The molecular formula is C12H18N2OS. The van der Waals surface area contributed by atoms with Crippen molar-refractivity contribution in [3.05, 3.63) is 0 Å². The Bertz CT molecular complexity index is 332. The highest BCUT2D eigenvalue weighted by atomic mass is 32.2. The zero-order valence-corrected chi connectivity index (χ0v) is 10.7. The number of amides is 1. The Balaban J connectivity index is 2.12. The van der Waals surface area contributed by atoms with Crippen LogP contribution in [0.5, 0.6) is 0 Å². The minimum absolute atomic E-state index is 0.0842. The van der Waals surface area contributed by atoms with Crippen molar-refractivity contribution in [3.8, 4) is 6.07 Å². The van der Waals surface area contributed by atoms with Gasteiger partial charge in [-0.25, -0.2) is 0 Å². The van der Waals surface area contributed by atoms with Crippen molar-refractivity contribution in [2.75, 3.05) is 12.3 Å². The third kappa shape index (κ3) is 1.71. The minimum Gasteiger partial charge on any atom is -0.337 e. The summed E-state index contributed by atoms with van der Waals surface area (Å²) in [4.78, 5) is 14.3. The summed E-state index contributed by atoms with van der Waals surface area (Å²) in [5.41, 5.74) is -0.671. The summed E-state index contributed by atoms with van der Waals surface area (Å²) < 4.78 is 0. The van der Waals surface area contributed by atoms with Crippen LogP contribution in [0, 0.1) is 16.7 Å². The van der Waals surface area contributed by atoms with E-state index in [0.717, 1.165) is 31.6 Å². The molecule has 1 heterocycles. The predicted octanol–water partition coefficient (Wildman–Crippen LogP) is 2.03. The van der Waals surface area contributed by atoms with Crippen LogP contribution in [-0.2, 0) is 4.79 Å². The van der Waals surface area contributed by atoms with Gasteiger partial charge in [-0.05, 0) is 26.2 Å². The lowest BCUT2D eigenvalue weighted by molar-refractivity contribution is -0.145. The van der Waals surface area contributed by atoms with E-state index in [1.54, 1.807) is 0 Å². The summed E-state index contributed by atoms with van der Waals surface area (Å²) in [6.45, 7) is 5.06. The summed E-state index contributed by atoms with van der Waals surface area (Å²) >= 11 is 1.91. The number of thioether (sulfide) groups is 1. The molecule has 4 heteroatoms. The Labute approximate surface area is 101 Å². The Morgan fingerprint density at radius 1 is 1.50 bits per heavy atom. The van der Waals surface area contributed by atoms with Crippen molar-refractivity contribution in [2.24, 2.45) is 5.41 Å². The summed E-state index contributed by atoms with van der Waals surface area (Å²) in [6.07, 6.45) is 2.53. The highest BCUT2D eigenvalue weighted by Crippen LogP contribution is 2.43. The molecule has 0 radical (unpaired) electrons. The molecule has 16 heavy (non-hydrogen) atoms. The average molecular weight is 238 g/mol. The highest BCUT2D eigenvalue weighted by Gasteiger charge is 2.48. The number of nitriles is 1. The van der Waals surface area contributed by atoms with Crippen LogP contribution in [0.3, 0.4) is 0 Å². The van der Waals surface area contributed by atoms with Gasteiger partial charge in [-0.1, -0.05) is 6.92 Å². The van der Waals surface area contributed by atoms with E-state index in [1.807, 2.05) is 16.7 Å². The van der Waals surface area contributed by atoms with Gasteiger partial charge in [0.25, 0.3) is 0 Å². The van der Waals surface area contributed by atoms with Crippen molar-refractivity contribution in [3.63, 3.8) is 0 Å². The lowest BCUT2D eigenvalue weighted by atomic mass is 9.69. The molecule has 0 aromatic heterocycles. The molecule has 2 rings (SSSR count). The van der Waals surface area contributed by atoms with Crippen molar-refractivity contribution in [1.82, 2.24) is 4.90 Å². The zero-order valence-electron chi connectivity index (χ0n) is 9.90.